The van der Waals surface area contributed by atoms with E-state index in [9.17, 15) is 4.79 Å². The Bertz CT molecular complexity index is 722. The molecule has 0 radical (unpaired) electrons. The molecule has 24 heavy (non-hydrogen) atoms. The second-order valence-corrected chi connectivity index (χ2v) is 6.26. The van der Waals surface area contributed by atoms with Crippen LogP contribution in [0.15, 0.2) is 28.7 Å². The molecule has 2 N–H and O–H groups in total. The van der Waals surface area contributed by atoms with Crippen LogP contribution < -0.4 is 10.6 Å². The number of aryl methyl sites for hydroxylation is 2. The summed E-state index contributed by atoms with van der Waals surface area (Å²) in [7, 11) is 1.66. The second kappa shape index (κ2) is 8.75. The zero-order valence-electron chi connectivity index (χ0n) is 14.0. The fourth-order valence-corrected chi connectivity index (χ4v) is 2.34. The number of amides is 1. The lowest BCUT2D eigenvalue weighted by Gasteiger charge is -2.09. The van der Waals surface area contributed by atoms with Crippen LogP contribution in [-0.2, 0) is 4.74 Å². The lowest BCUT2D eigenvalue weighted by atomic mass is 10.2. The number of benzene rings is 1. The number of halogens is 1. The number of carbonyl (C=O) groups excluding carboxylic acids is 1. The lowest BCUT2D eigenvalue weighted by molar-refractivity contribution is 0.102. The van der Waals surface area contributed by atoms with Crippen LogP contribution in [0.2, 0.25) is 0 Å². The number of ether oxygens (including phenoxy) is 1. The molecule has 0 aliphatic carbocycles. The third-order valence-electron chi connectivity index (χ3n) is 3.31. The van der Waals surface area contributed by atoms with Gasteiger partial charge in [-0.3, -0.25) is 4.79 Å². The summed E-state index contributed by atoms with van der Waals surface area (Å²) in [5.74, 6) is 0.186. The zero-order chi connectivity index (χ0) is 17.5. The molecule has 7 heteroatoms. The first-order chi connectivity index (χ1) is 11.5. The summed E-state index contributed by atoms with van der Waals surface area (Å²) < 4.78 is 6.00. The second-order valence-electron chi connectivity index (χ2n) is 5.41. The normalized spacial score (nSPS) is 10.5. The molecule has 2 aromatic rings. The Labute approximate surface area is 150 Å². The fourth-order valence-electron chi connectivity index (χ4n) is 2.10. The van der Waals surface area contributed by atoms with Crippen molar-refractivity contribution in [2.24, 2.45) is 0 Å². The van der Waals surface area contributed by atoms with Crippen molar-refractivity contribution in [2.75, 3.05) is 30.9 Å². The van der Waals surface area contributed by atoms with Crippen LogP contribution in [0, 0.1) is 13.8 Å². The fraction of sp³-hybridized carbons (Fsp3) is 0.353. The van der Waals surface area contributed by atoms with Crippen LogP contribution in [-0.4, -0.2) is 36.1 Å². The zero-order valence-corrected chi connectivity index (χ0v) is 15.6. The number of aromatic nitrogens is 2. The number of nitrogens with one attached hydrogen (secondary N) is 2. The molecule has 6 nitrogen and oxygen atoms in total. The summed E-state index contributed by atoms with van der Waals surface area (Å²) in [4.78, 5) is 21.0. The summed E-state index contributed by atoms with van der Waals surface area (Å²) in [5.41, 5.74) is 2.84. The number of hydrogen-bond acceptors (Lipinski definition) is 5. The van der Waals surface area contributed by atoms with Gasteiger partial charge >= 0.3 is 0 Å². The molecular weight excluding hydrogens is 372 g/mol. The third kappa shape index (κ3) is 5.28. The Morgan fingerprint density at radius 1 is 1.25 bits per heavy atom. The van der Waals surface area contributed by atoms with Gasteiger partial charge in [0, 0.05) is 36.1 Å². The van der Waals surface area contributed by atoms with Crippen LogP contribution in [0.3, 0.4) is 0 Å². The van der Waals surface area contributed by atoms with E-state index in [1.54, 1.807) is 13.2 Å². The molecule has 0 spiro atoms. The van der Waals surface area contributed by atoms with E-state index in [2.05, 4.69) is 36.5 Å². The van der Waals surface area contributed by atoms with Crippen LogP contribution in [0.5, 0.6) is 0 Å². The topological polar surface area (TPSA) is 76.1 Å². The number of anilines is 2. The Hall–Kier alpha value is -1.99. The Morgan fingerprint density at radius 2 is 2.04 bits per heavy atom. The van der Waals surface area contributed by atoms with E-state index in [-0.39, 0.29) is 5.91 Å². The number of carbonyl (C=O) groups is 1. The Balaban J connectivity index is 2.07. The smallest absolute Gasteiger partial charge is 0.274 e. The van der Waals surface area contributed by atoms with Crippen molar-refractivity contribution in [2.45, 2.75) is 20.3 Å². The number of methoxy groups -OCH3 is 1. The van der Waals surface area contributed by atoms with Gasteiger partial charge in [-0.1, -0.05) is 15.9 Å². The Kier molecular flexibility index (Phi) is 6.69. The van der Waals surface area contributed by atoms with Gasteiger partial charge in [-0.15, -0.1) is 0 Å². The molecule has 0 saturated carbocycles. The minimum atomic E-state index is -0.262. The predicted molar refractivity (Wildman–Crippen MR) is 98.6 cm³/mol. The molecular formula is C17H21BrN4O2. The average molecular weight is 393 g/mol. The molecule has 0 bridgehead atoms. The standard InChI is InChI=1S/C17H21BrN4O2/c1-11-9-13(5-6-14(11)18)21-16(23)15-10-12(2)20-17(22-15)19-7-4-8-24-3/h5-6,9-10H,4,7-8H2,1-3H3,(H,21,23)(H,19,20,22). The molecule has 0 atom stereocenters. The van der Waals surface area contributed by atoms with Crippen molar-refractivity contribution >= 4 is 33.5 Å². The van der Waals surface area contributed by atoms with Crippen molar-refractivity contribution in [3.8, 4) is 0 Å². The SMILES string of the molecule is COCCCNc1nc(C)cc(C(=O)Nc2ccc(Br)c(C)c2)n1. The van der Waals surface area contributed by atoms with Gasteiger partial charge in [-0.25, -0.2) is 9.97 Å². The van der Waals surface area contributed by atoms with Gasteiger partial charge in [0.2, 0.25) is 5.95 Å². The van der Waals surface area contributed by atoms with Crippen LogP contribution >= 0.6 is 15.9 Å². The van der Waals surface area contributed by atoms with Crippen molar-refractivity contribution in [3.05, 3.63) is 45.7 Å². The minimum absolute atomic E-state index is 0.262. The predicted octanol–water partition coefficient (Wildman–Crippen LogP) is 3.56. The first-order valence-electron chi connectivity index (χ1n) is 7.65. The highest BCUT2D eigenvalue weighted by atomic mass is 79.9. The van der Waals surface area contributed by atoms with Gasteiger partial charge in [0.05, 0.1) is 0 Å². The molecule has 128 valence electrons. The molecule has 1 aromatic carbocycles. The van der Waals surface area contributed by atoms with Gasteiger partial charge < -0.3 is 15.4 Å². The molecule has 1 aromatic heterocycles. The maximum Gasteiger partial charge on any atom is 0.274 e. The Morgan fingerprint density at radius 3 is 2.75 bits per heavy atom. The van der Waals surface area contributed by atoms with Crippen molar-refractivity contribution in [1.82, 2.24) is 9.97 Å². The molecule has 0 unspecified atom stereocenters. The first kappa shape index (κ1) is 18.4. The summed E-state index contributed by atoms with van der Waals surface area (Å²) in [6.07, 6.45) is 0.841. The summed E-state index contributed by atoms with van der Waals surface area (Å²) in [5, 5.41) is 5.97. The highest BCUT2D eigenvalue weighted by Crippen LogP contribution is 2.20. The van der Waals surface area contributed by atoms with Gasteiger partial charge in [-0.05, 0) is 50.1 Å². The van der Waals surface area contributed by atoms with E-state index >= 15 is 0 Å². The molecule has 0 aliphatic rings. The largest absolute Gasteiger partial charge is 0.385 e. The maximum atomic E-state index is 12.4. The highest BCUT2D eigenvalue weighted by molar-refractivity contribution is 9.10. The van der Waals surface area contributed by atoms with Crippen LogP contribution in [0.1, 0.15) is 28.2 Å². The third-order valence-corrected chi connectivity index (χ3v) is 4.20. The number of rotatable bonds is 7. The van der Waals surface area contributed by atoms with Crippen LogP contribution in [0.4, 0.5) is 11.6 Å². The van der Waals surface area contributed by atoms with Crippen molar-refractivity contribution in [3.63, 3.8) is 0 Å². The molecule has 1 heterocycles. The minimum Gasteiger partial charge on any atom is -0.385 e. The van der Waals surface area contributed by atoms with Gasteiger partial charge in [0.1, 0.15) is 5.69 Å². The molecule has 0 fully saturated rings. The molecule has 1 amide bonds. The summed E-state index contributed by atoms with van der Waals surface area (Å²) in [6, 6.07) is 7.31. The first-order valence-corrected chi connectivity index (χ1v) is 8.45. The summed E-state index contributed by atoms with van der Waals surface area (Å²) in [6.45, 7) is 5.15. The van der Waals surface area contributed by atoms with E-state index in [0.717, 1.165) is 27.8 Å². The van der Waals surface area contributed by atoms with E-state index < -0.39 is 0 Å². The highest BCUT2D eigenvalue weighted by Gasteiger charge is 2.11. The summed E-state index contributed by atoms with van der Waals surface area (Å²) >= 11 is 3.44. The van der Waals surface area contributed by atoms with Gasteiger partial charge in [0.25, 0.3) is 5.91 Å². The lowest BCUT2D eigenvalue weighted by Crippen LogP contribution is -2.16. The van der Waals surface area contributed by atoms with Crippen molar-refractivity contribution < 1.29 is 9.53 Å². The molecule has 0 saturated heterocycles. The quantitative estimate of drug-likeness (QED) is 0.704. The van der Waals surface area contributed by atoms with Gasteiger partial charge in [0.15, 0.2) is 0 Å². The van der Waals surface area contributed by atoms with Crippen molar-refractivity contribution in [1.29, 1.82) is 0 Å². The monoisotopic (exact) mass is 392 g/mol. The van der Waals surface area contributed by atoms with E-state index in [4.69, 9.17) is 4.74 Å². The van der Waals surface area contributed by atoms with Crippen LogP contribution in [0.25, 0.3) is 0 Å². The maximum absolute atomic E-state index is 12.4. The molecule has 2 rings (SSSR count). The average Bonchev–Trinajstić information content (AvgIpc) is 2.54. The van der Waals surface area contributed by atoms with E-state index in [1.807, 2.05) is 32.0 Å². The molecule has 0 aliphatic heterocycles. The number of nitrogens with zero attached hydrogens (tertiary/aromatic N) is 2. The number of hydrogen-bond donors (Lipinski definition) is 2. The van der Waals surface area contributed by atoms with E-state index in [0.29, 0.717) is 24.8 Å². The van der Waals surface area contributed by atoms with E-state index in [1.165, 1.54) is 0 Å². The van der Waals surface area contributed by atoms with Gasteiger partial charge in [-0.2, -0.15) is 0 Å².